The predicted octanol–water partition coefficient (Wildman–Crippen LogP) is 3.84. The van der Waals surface area contributed by atoms with Gasteiger partial charge < -0.3 is 25.8 Å². The molecule has 5 rings (SSSR count). The Morgan fingerprint density at radius 3 is 2.46 bits per heavy atom. The molecular formula is C30H35N7O2. The number of pyridine rings is 1. The van der Waals surface area contributed by atoms with E-state index in [1.807, 2.05) is 55.5 Å². The number of rotatable bonds is 8. The van der Waals surface area contributed by atoms with E-state index in [-0.39, 0.29) is 11.8 Å². The van der Waals surface area contributed by atoms with Crippen LogP contribution in [0.4, 0.5) is 11.4 Å². The minimum atomic E-state index is -0.182. The number of piperazine rings is 1. The fourth-order valence-electron chi connectivity index (χ4n) is 4.73. The Labute approximate surface area is 228 Å². The number of nitrogens with zero attached hydrogens (tertiary/aromatic N) is 3. The lowest BCUT2D eigenvalue weighted by Crippen LogP contribution is -2.43. The molecule has 1 saturated heterocycles. The average molecular weight is 526 g/mol. The lowest BCUT2D eigenvalue weighted by molar-refractivity contribution is 0.0958. The molecule has 2 aromatic carbocycles. The number of hydrogen-bond acceptors (Lipinski definition) is 6. The average Bonchev–Trinajstić information content (AvgIpc) is 3.38. The van der Waals surface area contributed by atoms with E-state index in [0.717, 1.165) is 60.6 Å². The summed E-state index contributed by atoms with van der Waals surface area (Å²) in [6, 6.07) is 17.6. The summed E-state index contributed by atoms with van der Waals surface area (Å²) in [5.74, 6) is -0.309. The maximum Gasteiger partial charge on any atom is 0.267 e. The maximum absolute atomic E-state index is 12.9. The Kier molecular flexibility index (Phi) is 7.90. The molecule has 0 unspecified atom stereocenters. The van der Waals surface area contributed by atoms with Crippen LogP contribution in [0.3, 0.4) is 0 Å². The Morgan fingerprint density at radius 1 is 0.949 bits per heavy atom. The van der Waals surface area contributed by atoms with Crippen molar-refractivity contribution in [3.8, 4) is 0 Å². The number of benzene rings is 2. The smallest absolute Gasteiger partial charge is 0.267 e. The standard InChI is InChI=1S/C30H35N7O2/c1-20-4-9-25(34-29(38)22-7-5-21(6-8-22)19-37-12-10-36(3)11-13-37)15-24(20)17-32-26-14-23-16-27(30(39)31-2)35-28(23)33-18-26/h4-9,14-16,18,32H,10-13,17,19H2,1-3H3,(H,31,39)(H,33,35)(H,34,38). The molecule has 4 aromatic rings. The predicted molar refractivity (Wildman–Crippen MR) is 155 cm³/mol. The van der Waals surface area contributed by atoms with Gasteiger partial charge in [0.25, 0.3) is 11.8 Å². The van der Waals surface area contributed by atoms with Crippen LogP contribution in [0.1, 0.15) is 37.5 Å². The number of hydrogen-bond donors (Lipinski definition) is 4. The van der Waals surface area contributed by atoms with Gasteiger partial charge >= 0.3 is 0 Å². The van der Waals surface area contributed by atoms with E-state index in [9.17, 15) is 9.59 Å². The highest BCUT2D eigenvalue weighted by Gasteiger charge is 2.15. The molecule has 4 N–H and O–H groups in total. The fourth-order valence-corrected chi connectivity index (χ4v) is 4.73. The van der Waals surface area contributed by atoms with Crippen molar-refractivity contribution in [1.82, 2.24) is 25.1 Å². The Morgan fingerprint density at radius 2 is 1.72 bits per heavy atom. The largest absolute Gasteiger partial charge is 0.380 e. The number of carbonyl (C=O) groups is 2. The van der Waals surface area contributed by atoms with Gasteiger partial charge in [0.15, 0.2) is 0 Å². The first kappa shape index (κ1) is 26.4. The highest BCUT2D eigenvalue weighted by Crippen LogP contribution is 2.21. The number of fused-ring (bicyclic) bond motifs is 1. The molecule has 9 heteroatoms. The highest BCUT2D eigenvalue weighted by molar-refractivity contribution is 6.04. The number of likely N-dealkylation sites (N-methyl/N-ethyl adjacent to an activating group) is 1. The summed E-state index contributed by atoms with van der Waals surface area (Å²) in [6.45, 7) is 7.84. The van der Waals surface area contributed by atoms with E-state index in [0.29, 0.717) is 23.4 Å². The van der Waals surface area contributed by atoms with E-state index in [4.69, 9.17) is 0 Å². The number of carbonyl (C=O) groups excluding carboxylic acids is 2. The van der Waals surface area contributed by atoms with E-state index in [1.54, 1.807) is 19.3 Å². The van der Waals surface area contributed by atoms with Gasteiger partial charge in [0.05, 0.1) is 11.9 Å². The second kappa shape index (κ2) is 11.7. The van der Waals surface area contributed by atoms with Gasteiger partial charge in [0.2, 0.25) is 0 Å². The molecule has 0 atom stereocenters. The van der Waals surface area contributed by atoms with Crippen LogP contribution in [0.15, 0.2) is 60.8 Å². The SMILES string of the molecule is CNC(=O)c1cc2cc(NCc3cc(NC(=O)c4ccc(CN5CCN(C)CC5)cc4)ccc3C)cnc2[nH]1. The molecule has 2 aromatic heterocycles. The number of H-pyrrole nitrogens is 1. The lowest BCUT2D eigenvalue weighted by atomic mass is 10.1. The van der Waals surface area contributed by atoms with Gasteiger partial charge in [-0.2, -0.15) is 0 Å². The summed E-state index contributed by atoms with van der Waals surface area (Å²) in [5.41, 5.74) is 6.76. The van der Waals surface area contributed by atoms with Gasteiger partial charge in [-0.1, -0.05) is 18.2 Å². The van der Waals surface area contributed by atoms with Crippen molar-refractivity contribution in [3.05, 3.63) is 88.7 Å². The van der Waals surface area contributed by atoms with E-state index >= 15 is 0 Å². The molecule has 0 bridgehead atoms. The Hall–Kier alpha value is -4.21. The molecule has 0 saturated carbocycles. The molecule has 202 valence electrons. The molecular weight excluding hydrogens is 490 g/mol. The van der Waals surface area contributed by atoms with Crippen LogP contribution in [0.25, 0.3) is 11.0 Å². The minimum absolute atomic E-state index is 0.127. The minimum Gasteiger partial charge on any atom is -0.380 e. The first-order chi connectivity index (χ1) is 18.9. The van der Waals surface area contributed by atoms with Gasteiger partial charge in [-0.3, -0.25) is 14.5 Å². The van der Waals surface area contributed by atoms with E-state index < -0.39 is 0 Å². The van der Waals surface area contributed by atoms with Gasteiger partial charge in [0, 0.05) is 63.0 Å². The summed E-state index contributed by atoms with van der Waals surface area (Å²) >= 11 is 0. The van der Waals surface area contributed by atoms with E-state index in [2.05, 4.69) is 42.8 Å². The molecule has 3 heterocycles. The molecule has 2 amide bonds. The van der Waals surface area contributed by atoms with Gasteiger partial charge in [-0.25, -0.2) is 4.98 Å². The van der Waals surface area contributed by atoms with Crippen molar-refractivity contribution in [2.24, 2.45) is 0 Å². The monoisotopic (exact) mass is 525 g/mol. The van der Waals surface area contributed by atoms with Crippen LogP contribution in [0, 0.1) is 6.92 Å². The van der Waals surface area contributed by atoms with Gasteiger partial charge in [-0.15, -0.1) is 0 Å². The second-order valence-electron chi connectivity index (χ2n) is 10.1. The highest BCUT2D eigenvalue weighted by atomic mass is 16.2. The van der Waals surface area contributed by atoms with Crippen LogP contribution in [0.5, 0.6) is 0 Å². The number of aromatic nitrogens is 2. The summed E-state index contributed by atoms with van der Waals surface area (Å²) in [4.78, 5) is 37.1. The lowest BCUT2D eigenvalue weighted by Gasteiger charge is -2.32. The topological polar surface area (TPSA) is 105 Å². The number of nitrogens with one attached hydrogen (secondary N) is 4. The third-order valence-corrected chi connectivity index (χ3v) is 7.25. The summed E-state index contributed by atoms with van der Waals surface area (Å²) in [6.07, 6.45) is 1.74. The molecule has 0 radical (unpaired) electrons. The molecule has 1 fully saturated rings. The number of anilines is 2. The van der Waals surface area contributed by atoms with Gasteiger partial charge in [-0.05, 0) is 67.1 Å². The molecule has 39 heavy (non-hydrogen) atoms. The van der Waals surface area contributed by atoms with Crippen molar-refractivity contribution in [2.75, 3.05) is 50.9 Å². The summed E-state index contributed by atoms with van der Waals surface area (Å²) in [7, 11) is 3.75. The molecule has 0 spiro atoms. The van der Waals surface area contributed by atoms with Crippen LogP contribution in [-0.4, -0.2) is 71.9 Å². The Balaban J connectivity index is 1.19. The first-order valence-corrected chi connectivity index (χ1v) is 13.2. The third-order valence-electron chi connectivity index (χ3n) is 7.25. The zero-order chi connectivity index (χ0) is 27.4. The van der Waals surface area contributed by atoms with Crippen LogP contribution in [0.2, 0.25) is 0 Å². The first-order valence-electron chi connectivity index (χ1n) is 13.2. The molecule has 0 aliphatic carbocycles. The zero-order valence-electron chi connectivity index (χ0n) is 22.7. The van der Waals surface area contributed by atoms with Crippen molar-refractivity contribution in [2.45, 2.75) is 20.0 Å². The van der Waals surface area contributed by atoms with Crippen molar-refractivity contribution >= 4 is 34.2 Å². The van der Waals surface area contributed by atoms with Crippen LogP contribution in [-0.2, 0) is 13.1 Å². The maximum atomic E-state index is 12.9. The third kappa shape index (κ3) is 6.45. The van der Waals surface area contributed by atoms with Crippen molar-refractivity contribution in [3.63, 3.8) is 0 Å². The van der Waals surface area contributed by atoms with Crippen LogP contribution >= 0.6 is 0 Å². The van der Waals surface area contributed by atoms with Gasteiger partial charge in [0.1, 0.15) is 11.3 Å². The molecule has 9 nitrogen and oxygen atoms in total. The van der Waals surface area contributed by atoms with Crippen molar-refractivity contribution in [1.29, 1.82) is 0 Å². The normalized spacial score (nSPS) is 14.3. The van der Waals surface area contributed by atoms with Crippen molar-refractivity contribution < 1.29 is 9.59 Å². The zero-order valence-corrected chi connectivity index (χ0v) is 22.7. The molecule has 1 aliphatic rings. The summed E-state index contributed by atoms with van der Waals surface area (Å²) in [5, 5.41) is 9.90. The fraction of sp³-hybridized carbons (Fsp3) is 0.300. The summed E-state index contributed by atoms with van der Waals surface area (Å²) < 4.78 is 0. The van der Waals surface area contributed by atoms with E-state index in [1.165, 1.54) is 5.56 Å². The number of amides is 2. The number of aryl methyl sites for hydroxylation is 1. The molecule has 1 aliphatic heterocycles. The van der Waals surface area contributed by atoms with Crippen LogP contribution < -0.4 is 16.0 Å². The number of aromatic amines is 1. The second-order valence-corrected chi connectivity index (χ2v) is 10.1. The quantitative estimate of drug-likeness (QED) is 0.279. The Bertz CT molecular complexity index is 1470.